The van der Waals surface area contributed by atoms with E-state index >= 15 is 0 Å². The van der Waals surface area contributed by atoms with Gasteiger partial charge in [0.15, 0.2) is 0 Å². The molecule has 0 saturated heterocycles. The average molecular weight is 318 g/mol. The summed E-state index contributed by atoms with van der Waals surface area (Å²) in [6.07, 6.45) is 4.07. The summed E-state index contributed by atoms with van der Waals surface area (Å²) < 4.78 is 5.13. The van der Waals surface area contributed by atoms with Gasteiger partial charge in [0, 0.05) is 25.1 Å². The number of nitrogens with zero attached hydrogens (tertiary/aromatic N) is 1. The molecule has 1 aliphatic heterocycles. The van der Waals surface area contributed by atoms with Crippen molar-refractivity contribution >= 4 is 11.8 Å². The third kappa shape index (κ3) is 4.82. The van der Waals surface area contributed by atoms with E-state index in [9.17, 15) is 9.59 Å². The highest BCUT2D eigenvalue weighted by atomic mass is 16.5. The molecule has 0 saturated carbocycles. The zero-order valence-corrected chi connectivity index (χ0v) is 13.2. The highest BCUT2D eigenvalue weighted by molar-refractivity contribution is 5.94. The topological polar surface area (TPSA) is 78.9 Å². The summed E-state index contributed by atoms with van der Waals surface area (Å²) in [5.74, 6) is 0.391. The number of hydrogen-bond donors (Lipinski definition) is 2. The lowest BCUT2D eigenvalue weighted by atomic mass is 10.0. The first-order chi connectivity index (χ1) is 11.1. The van der Waals surface area contributed by atoms with E-state index in [4.69, 9.17) is 9.94 Å². The Kier molecular flexibility index (Phi) is 6.17. The van der Waals surface area contributed by atoms with Crippen molar-refractivity contribution in [3.8, 4) is 5.75 Å². The van der Waals surface area contributed by atoms with Gasteiger partial charge in [0.1, 0.15) is 5.75 Å². The Morgan fingerprint density at radius 3 is 2.74 bits per heavy atom. The molecule has 0 aliphatic carbocycles. The summed E-state index contributed by atoms with van der Waals surface area (Å²) in [6, 6.07) is 7.67. The maximum absolute atomic E-state index is 12.5. The van der Waals surface area contributed by atoms with E-state index in [0.717, 1.165) is 23.3 Å². The van der Waals surface area contributed by atoms with Crippen LogP contribution in [0.4, 0.5) is 0 Å². The van der Waals surface area contributed by atoms with Crippen LogP contribution in [0, 0.1) is 0 Å². The Morgan fingerprint density at radius 2 is 2.09 bits per heavy atom. The molecule has 1 aliphatic rings. The molecule has 0 bridgehead atoms. The van der Waals surface area contributed by atoms with Crippen molar-refractivity contribution in [2.75, 3.05) is 13.7 Å². The van der Waals surface area contributed by atoms with Crippen molar-refractivity contribution in [3.05, 3.63) is 41.5 Å². The first kappa shape index (κ1) is 17.0. The normalized spacial score (nSPS) is 14.4. The number of rotatable bonds is 7. The van der Waals surface area contributed by atoms with Gasteiger partial charge >= 0.3 is 0 Å². The summed E-state index contributed by atoms with van der Waals surface area (Å²) in [5, 5.41) is 8.47. The van der Waals surface area contributed by atoms with Gasteiger partial charge in [0.2, 0.25) is 11.8 Å². The maximum Gasteiger partial charge on any atom is 0.249 e. The minimum absolute atomic E-state index is 0.0245. The number of ether oxygens (including phenoxy) is 1. The summed E-state index contributed by atoms with van der Waals surface area (Å²) in [4.78, 5) is 25.3. The fourth-order valence-corrected chi connectivity index (χ4v) is 2.59. The van der Waals surface area contributed by atoms with Gasteiger partial charge < -0.3 is 9.64 Å². The summed E-state index contributed by atoms with van der Waals surface area (Å²) in [7, 11) is 1.62. The van der Waals surface area contributed by atoms with Gasteiger partial charge in [-0.2, -0.15) is 0 Å². The van der Waals surface area contributed by atoms with Crippen LogP contribution >= 0.6 is 0 Å². The monoisotopic (exact) mass is 318 g/mol. The van der Waals surface area contributed by atoms with Crippen molar-refractivity contribution in [2.24, 2.45) is 0 Å². The van der Waals surface area contributed by atoms with Crippen LogP contribution in [-0.2, 0) is 16.1 Å². The number of nitrogens with one attached hydrogen (secondary N) is 1. The molecule has 1 aromatic rings. The molecule has 6 nitrogen and oxygen atoms in total. The molecule has 0 spiro atoms. The molecule has 0 radical (unpaired) electrons. The number of hydrogen-bond acceptors (Lipinski definition) is 4. The Bertz CT molecular complexity index is 581. The van der Waals surface area contributed by atoms with Gasteiger partial charge in [0.05, 0.1) is 7.11 Å². The second-order valence-corrected chi connectivity index (χ2v) is 5.48. The SMILES string of the molecule is COc1ccc(CN2CCC=C(CCCC(=O)NO)C2=O)cc1. The number of amides is 2. The third-order valence-electron chi connectivity index (χ3n) is 3.86. The van der Waals surface area contributed by atoms with Crippen LogP contribution in [0.5, 0.6) is 5.75 Å². The predicted molar refractivity (Wildman–Crippen MR) is 84.9 cm³/mol. The van der Waals surface area contributed by atoms with E-state index in [-0.39, 0.29) is 12.3 Å². The predicted octanol–water partition coefficient (Wildman–Crippen LogP) is 2.03. The molecule has 0 aromatic heterocycles. The lowest BCUT2D eigenvalue weighted by Crippen LogP contribution is -2.35. The van der Waals surface area contributed by atoms with Crippen LogP contribution in [0.2, 0.25) is 0 Å². The Labute approximate surface area is 135 Å². The number of carbonyl (C=O) groups excluding carboxylic acids is 2. The van der Waals surface area contributed by atoms with Gasteiger partial charge in [0.25, 0.3) is 0 Å². The maximum atomic E-state index is 12.5. The zero-order valence-electron chi connectivity index (χ0n) is 13.2. The number of methoxy groups -OCH3 is 1. The molecule has 0 fully saturated rings. The van der Waals surface area contributed by atoms with Crippen LogP contribution in [0.1, 0.15) is 31.2 Å². The minimum Gasteiger partial charge on any atom is -0.497 e. The highest BCUT2D eigenvalue weighted by Crippen LogP contribution is 2.20. The molecule has 23 heavy (non-hydrogen) atoms. The molecular weight excluding hydrogens is 296 g/mol. The molecule has 124 valence electrons. The molecule has 0 unspecified atom stereocenters. The third-order valence-corrected chi connectivity index (χ3v) is 3.86. The van der Waals surface area contributed by atoms with Crippen molar-refractivity contribution in [1.82, 2.24) is 10.4 Å². The lowest BCUT2D eigenvalue weighted by Gasteiger charge is -2.27. The lowest BCUT2D eigenvalue weighted by molar-refractivity contribution is -0.130. The van der Waals surface area contributed by atoms with Crippen molar-refractivity contribution < 1.29 is 19.5 Å². The van der Waals surface area contributed by atoms with Crippen LogP contribution in [-0.4, -0.2) is 35.6 Å². The molecule has 2 amide bonds. The summed E-state index contributed by atoms with van der Waals surface area (Å²) >= 11 is 0. The summed E-state index contributed by atoms with van der Waals surface area (Å²) in [5.41, 5.74) is 3.40. The van der Waals surface area contributed by atoms with Crippen LogP contribution in [0.3, 0.4) is 0 Å². The van der Waals surface area contributed by atoms with E-state index in [1.807, 2.05) is 35.2 Å². The van der Waals surface area contributed by atoms with Gasteiger partial charge in [-0.05, 0) is 37.0 Å². The molecule has 2 N–H and O–H groups in total. The van der Waals surface area contributed by atoms with Crippen molar-refractivity contribution in [2.45, 2.75) is 32.2 Å². The standard InChI is InChI=1S/C17H22N2O4/c1-23-15-9-7-13(8-10-15)12-19-11-3-5-14(17(19)21)4-2-6-16(20)18-22/h5,7-10,22H,2-4,6,11-12H2,1H3,(H,18,20). The number of hydroxylamine groups is 1. The largest absolute Gasteiger partial charge is 0.497 e. The Morgan fingerprint density at radius 1 is 1.35 bits per heavy atom. The van der Waals surface area contributed by atoms with Gasteiger partial charge in [-0.1, -0.05) is 18.2 Å². The minimum atomic E-state index is -0.427. The highest BCUT2D eigenvalue weighted by Gasteiger charge is 2.21. The second kappa shape index (κ2) is 8.33. The van der Waals surface area contributed by atoms with Crippen LogP contribution in [0.25, 0.3) is 0 Å². The van der Waals surface area contributed by atoms with Gasteiger partial charge in [-0.3, -0.25) is 14.8 Å². The Hall–Kier alpha value is -2.34. The molecule has 1 aromatic carbocycles. The fraction of sp³-hybridized carbons (Fsp3) is 0.412. The molecule has 0 atom stereocenters. The van der Waals surface area contributed by atoms with Crippen molar-refractivity contribution in [1.29, 1.82) is 0 Å². The van der Waals surface area contributed by atoms with Gasteiger partial charge in [-0.15, -0.1) is 0 Å². The zero-order chi connectivity index (χ0) is 16.7. The van der Waals surface area contributed by atoms with Gasteiger partial charge in [-0.25, -0.2) is 5.48 Å². The van der Waals surface area contributed by atoms with Crippen LogP contribution in [0.15, 0.2) is 35.9 Å². The summed E-state index contributed by atoms with van der Waals surface area (Å²) in [6.45, 7) is 1.27. The number of benzene rings is 1. The van der Waals surface area contributed by atoms with E-state index < -0.39 is 5.91 Å². The first-order valence-corrected chi connectivity index (χ1v) is 7.68. The first-order valence-electron chi connectivity index (χ1n) is 7.68. The molecule has 6 heteroatoms. The molecule has 2 rings (SSSR count). The Balaban J connectivity index is 1.90. The molecular formula is C17H22N2O4. The quantitative estimate of drug-likeness (QED) is 0.595. The van der Waals surface area contributed by atoms with E-state index in [0.29, 0.717) is 25.9 Å². The molecule has 1 heterocycles. The van der Waals surface area contributed by atoms with E-state index in [1.54, 1.807) is 12.6 Å². The fourth-order valence-electron chi connectivity index (χ4n) is 2.59. The van der Waals surface area contributed by atoms with Crippen molar-refractivity contribution in [3.63, 3.8) is 0 Å². The van der Waals surface area contributed by atoms with E-state index in [1.165, 1.54) is 0 Å². The smallest absolute Gasteiger partial charge is 0.249 e. The van der Waals surface area contributed by atoms with Crippen LogP contribution < -0.4 is 10.2 Å². The second-order valence-electron chi connectivity index (χ2n) is 5.48. The average Bonchev–Trinajstić information content (AvgIpc) is 2.58. The number of carbonyl (C=O) groups is 2. The van der Waals surface area contributed by atoms with E-state index in [2.05, 4.69) is 0 Å².